The van der Waals surface area contributed by atoms with Gasteiger partial charge in [0, 0.05) is 6.54 Å². The number of nitrogens with one attached hydrogen (secondary N) is 1. The van der Waals surface area contributed by atoms with Crippen molar-refractivity contribution < 1.29 is 9.47 Å². The molecule has 3 N–H and O–H groups in total. The van der Waals surface area contributed by atoms with E-state index < -0.39 is 0 Å². The van der Waals surface area contributed by atoms with Gasteiger partial charge in [-0.1, -0.05) is 18.2 Å². The third-order valence-corrected chi connectivity index (χ3v) is 2.86. The number of nitrogens with two attached hydrogens (primary N) is 1. The van der Waals surface area contributed by atoms with Crippen molar-refractivity contribution in [3.05, 3.63) is 42.5 Å². The second-order valence-corrected chi connectivity index (χ2v) is 4.48. The molecule has 0 atom stereocenters. The zero-order chi connectivity index (χ0) is 15.3. The van der Waals surface area contributed by atoms with Gasteiger partial charge in [-0.25, -0.2) is 0 Å². The van der Waals surface area contributed by atoms with Crippen LogP contribution in [0.15, 0.2) is 41.9 Å². The lowest BCUT2D eigenvalue weighted by Crippen LogP contribution is -2.33. The molecule has 1 aromatic carbocycles. The van der Waals surface area contributed by atoms with E-state index in [4.69, 9.17) is 15.2 Å². The number of rotatable bonds is 10. The van der Waals surface area contributed by atoms with Gasteiger partial charge in [-0.05, 0) is 30.5 Å². The first kappa shape index (κ1) is 17.0. The number of hydrogen-bond donors (Lipinski definition) is 2. The lowest BCUT2D eigenvalue weighted by atomic mass is 10.1. The van der Waals surface area contributed by atoms with E-state index in [1.165, 1.54) is 5.56 Å². The summed E-state index contributed by atoms with van der Waals surface area (Å²) in [5, 5.41) is 3.09. The van der Waals surface area contributed by atoms with Crippen molar-refractivity contribution in [3.8, 4) is 5.75 Å². The minimum Gasteiger partial charge on any atom is -0.497 e. The maximum atomic E-state index is 5.77. The Morgan fingerprint density at radius 3 is 2.76 bits per heavy atom. The molecule has 5 nitrogen and oxygen atoms in total. The fourth-order valence-corrected chi connectivity index (χ4v) is 1.68. The fourth-order valence-electron chi connectivity index (χ4n) is 1.68. The van der Waals surface area contributed by atoms with E-state index >= 15 is 0 Å². The van der Waals surface area contributed by atoms with E-state index in [0.29, 0.717) is 25.7 Å². The van der Waals surface area contributed by atoms with Crippen molar-refractivity contribution in [1.29, 1.82) is 0 Å². The molecule has 116 valence electrons. The highest BCUT2D eigenvalue weighted by molar-refractivity contribution is 5.77. The Morgan fingerprint density at radius 2 is 2.10 bits per heavy atom. The van der Waals surface area contributed by atoms with Gasteiger partial charge in [-0.15, -0.1) is 6.58 Å². The lowest BCUT2D eigenvalue weighted by Gasteiger charge is -2.07. The Balaban J connectivity index is 2.14. The Bertz CT molecular complexity index is 430. The zero-order valence-electron chi connectivity index (χ0n) is 12.7. The predicted octanol–water partition coefficient (Wildman–Crippen LogP) is 1.73. The summed E-state index contributed by atoms with van der Waals surface area (Å²) in [4.78, 5) is 4.19. The van der Waals surface area contributed by atoms with E-state index in [0.717, 1.165) is 25.1 Å². The fraction of sp³-hybridized carbons (Fsp3) is 0.438. The smallest absolute Gasteiger partial charge is 0.188 e. The number of benzene rings is 1. The summed E-state index contributed by atoms with van der Waals surface area (Å²) in [6, 6.07) is 7.99. The highest BCUT2D eigenvalue weighted by Crippen LogP contribution is 2.11. The standard InChI is InChI=1S/C16H25N3O2/c1-3-4-12-21-13-11-19-16(17)18-10-9-14-5-7-15(20-2)8-6-14/h3,5-8H,1,4,9-13H2,2H3,(H3,17,18,19). The van der Waals surface area contributed by atoms with Crippen molar-refractivity contribution in [3.63, 3.8) is 0 Å². The largest absolute Gasteiger partial charge is 0.497 e. The van der Waals surface area contributed by atoms with E-state index in [9.17, 15) is 0 Å². The maximum absolute atomic E-state index is 5.77. The van der Waals surface area contributed by atoms with Crippen molar-refractivity contribution in [2.24, 2.45) is 10.7 Å². The Labute approximate surface area is 126 Å². The van der Waals surface area contributed by atoms with Crippen LogP contribution in [0.3, 0.4) is 0 Å². The average Bonchev–Trinajstić information content (AvgIpc) is 2.51. The molecule has 5 heteroatoms. The minimum absolute atomic E-state index is 0.454. The van der Waals surface area contributed by atoms with Crippen LogP contribution in [0.1, 0.15) is 12.0 Å². The molecule has 0 unspecified atom stereocenters. The molecular formula is C16H25N3O2. The molecule has 0 radical (unpaired) electrons. The third-order valence-electron chi connectivity index (χ3n) is 2.86. The van der Waals surface area contributed by atoms with E-state index in [1.807, 2.05) is 30.3 Å². The molecule has 0 aliphatic heterocycles. The maximum Gasteiger partial charge on any atom is 0.188 e. The number of methoxy groups -OCH3 is 1. The summed E-state index contributed by atoms with van der Waals surface area (Å²) in [6.07, 6.45) is 3.58. The molecular weight excluding hydrogens is 266 g/mol. The second kappa shape index (κ2) is 10.7. The van der Waals surface area contributed by atoms with Crippen LogP contribution in [0.25, 0.3) is 0 Å². The van der Waals surface area contributed by atoms with Crippen molar-refractivity contribution in [2.75, 3.05) is 33.4 Å². The number of hydrogen-bond acceptors (Lipinski definition) is 3. The summed E-state index contributed by atoms with van der Waals surface area (Å²) in [6.45, 7) is 6.21. The second-order valence-electron chi connectivity index (χ2n) is 4.48. The number of guanidine groups is 1. The summed E-state index contributed by atoms with van der Waals surface area (Å²) < 4.78 is 10.5. The van der Waals surface area contributed by atoms with Gasteiger partial charge < -0.3 is 20.5 Å². The molecule has 0 bridgehead atoms. The monoisotopic (exact) mass is 291 g/mol. The van der Waals surface area contributed by atoms with E-state index in [2.05, 4.69) is 16.9 Å². The average molecular weight is 291 g/mol. The van der Waals surface area contributed by atoms with Gasteiger partial charge in [0.1, 0.15) is 5.75 Å². The summed E-state index contributed by atoms with van der Waals surface area (Å²) in [5.74, 6) is 1.32. The normalized spacial score (nSPS) is 11.2. The highest BCUT2D eigenvalue weighted by Gasteiger charge is 1.96. The van der Waals surface area contributed by atoms with Crippen LogP contribution in [0.4, 0.5) is 0 Å². The zero-order valence-corrected chi connectivity index (χ0v) is 12.7. The van der Waals surface area contributed by atoms with Gasteiger partial charge in [0.25, 0.3) is 0 Å². The van der Waals surface area contributed by atoms with Crippen LogP contribution < -0.4 is 15.8 Å². The molecule has 0 aromatic heterocycles. The predicted molar refractivity (Wildman–Crippen MR) is 86.8 cm³/mol. The molecule has 0 aliphatic rings. The molecule has 0 fully saturated rings. The van der Waals surface area contributed by atoms with Crippen molar-refractivity contribution >= 4 is 5.96 Å². The summed E-state index contributed by atoms with van der Waals surface area (Å²) in [7, 11) is 1.66. The molecule has 0 saturated heterocycles. The van der Waals surface area contributed by atoms with Crippen molar-refractivity contribution in [2.45, 2.75) is 12.8 Å². The minimum atomic E-state index is 0.454. The molecule has 0 amide bonds. The molecule has 0 saturated carbocycles. The van der Waals surface area contributed by atoms with Gasteiger partial charge in [0.2, 0.25) is 0 Å². The molecule has 1 rings (SSSR count). The Morgan fingerprint density at radius 1 is 1.33 bits per heavy atom. The quantitative estimate of drug-likeness (QED) is 0.298. The Kier molecular flexibility index (Phi) is 8.72. The van der Waals surface area contributed by atoms with Crippen LogP contribution in [0.5, 0.6) is 5.75 Å². The molecule has 0 aliphatic carbocycles. The van der Waals surface area contributed by atoms with Gasteiger partial charge in [0.05, 0.1) is 26.9 Å². The van der Waals surface area contributed by atoms with Gasteiger partial charge in [-0.2, -0.15) is 0 Å². The van der Waals surface area contributed by atoms with E-state index in [1.54, 1.807) is 7.11 Å². The van der Waals surface area contributed by atoms with Gasteiger partial charge >= 0.3 is 0 Å². The van der Waals surface area contributed by atoms with Gasteiger partial charge in [0.15, 0.2) is 5.96 Å². The lowest BCUT2D eigenvalue weighted by molar-refractivity contribution is 0.146. The number of nitrogens with zero attached hydrogens (tertiary/aromatic N) is 1. The van der Waals surface area contributed by atoms with Crippen LogP contribution in [0.2, 0.25) is 0 Å². The highest BCUT2D eigenvalue weighted by atomic mass is 16.5. The Hall–Kier alpha value is -2.01. The number of ether oxygens (including phenoxy) is 2. The van der Waals surface area contributed by atoms with Crippen LogP contribution in [-0.4, -0.2) is 39.4 Å². The van der Waals surface area contributed by atoms with Crippen LogP contribution in [0, 0.1) is 0 Å². The summed E-state index contributed by atoms with van der Waals surface area (Å²) >= 11 is 0. The van der Waals surface area contributed by atoms with Crippen LogP contribution in [-0.2, 0) is 11.2 Å². The molecule has 1 aromatic rings. The molecule has 0 spiro atoms. The summed E-state index contributed by atoms with van der Waals surface area (Å²) in [5.41, 5.74) is 7.00. The SMILES string of the molecule is C=CCCOCCN=C(N)NCCc1ccc(OC)cc1. The van der Waals surface area contributed by atoms with Crippen molar-refractivity contribution in [1.82, 2.24) is 5.32 Å². The van der Waals surface area contributed by atoms with Gasteiger partial charge in [-0.3, -0.25) is 4.99 Å². The first-order valence-corrected chi connectivity index (χ1v) is 7.11. The molecule has 21 heavy (non-hydrogen) atoms. The van der Waals surface area contributed by atoms with Crippen LogP contribution >= 0.6 is 0 Å². The number of aliphatic imine (C=N–C) groups is 1. The first-order chi connectivity index (χ1) is 10.3. The van der Waals surface area contributed by atoms with E-state index in [-0.39, 0.29) is 0 Å². The first-order valence-electron chi connectivity index (χ1n) is 7.11. The topological polar surface area (TPSA) is 68.9 Å². The molecule has 0 heterocycles. The third kappa shape index (κ3) is 7.99.